The summed E-state index contributed by atoms with van der Waals surface area (Å²) in [6.45, 7) is 10.0. The highest BCUT2D eigenvalue weighted by molar-refractivity contribution is 9.10. The Morgan fingerprint density at radius 3 is 2.48 bits per heavy atom. The Kier molecular flexibility index (Phi) is 6.98. The van der Waals surface area contributed by atoms with E-state index in [0.29, 0.717) is 17.9 Å². The Bertz CT molecular complexity index is 995. The van der Waals surface area contributed by atoms with Gasteiger partial charge in [-0.2, -0.15) is 0 Å². The molecular weight excluding hydrogens is 430 g/mol. The summed E-state index contributed by atoms with van der Waals surface area (Å²) in [6, 6.07) is 14.1. The van der Waals surface area contributed by atoms with Gasteiger partial charge in [-0.15, -0.1) is 0 Å². The van der Waals surface area contributed by atoms with Gasteiger partial charge in [-0.25, -0.2) is 0 Å². The van der Waals surface area contributed by atoms with E-state index in [1.54, 1.807) is 7.11 Å². The number of aromatic nitrogens is 1. The smallest absolute Gasteiger partial charge is 0.253 e. The van der Waals surface area contributed by atoms with Crippen molar-refractivity contribution in [2.45, 2.75) is 20.8 Å². The molecule has 0 fully saturated rings. The maximum atomic E-state index is 13.2. The van der Waals surface area contributed by atoms with Crippen LogP contribution >= 0.6 is 15.9 Å². The Labute approximate surface area is 180 Å². The number of para-hydroxylation sites is 1. The molecule has 0 aliphatic rings. The highest BCUT2D eigenvalue weighted by atomic mass is 79.9. The van der Waals surface area contributed by atoms with Crippen LogP contribution in [0.2, 0.25) is 0 Å². The molecule has 2 N–H and O–H groups in total. The van der Waals surface area contributed by atoms with Crippen molar-refractivity contribution in [1.82, 2.24) is 9.88 Å². The SMILES string of the molecule is CC[NH+](CC)CCNC(=O)c1c(C)n(-c2ccccc2)c2cc(Br)c(OC)cc12. The standard InChI is InChI=1S/C23H28BrN3O2/c1-5-26(6-2)13-12-25-23(28)22-16(3)27(17-10-8-7-9-11-17)20-15-19(24)21(29-4)14-18(20)22/h7-11,14-15H,5-6,12-13H2,1-4H3,(H,25,28)/p+1. The van der Waals surface area contributed by atoms with Gasteiger partial charge in [0, 0.05) is 16.8 Å². The molecule has 0 saturated carbocycles. The predicted molar refractivity (Wildman–Crippen MR) is 122 cm³/mol. The molecule has 0 bridgehead atoms. The van der Waals surface area contributed by atoms with Crippen LogP contribution in [0.3, 0.4) is 0 Å². The number of nitrogens with zero attached hydrogens (tertiary/aromatic N) is 1. The second kappa shape index (κ2) is 9.46. The number of hydrogen-bond acceptors (Lipinski definition) is 2. The van der Waals surface area contributed by atoms with Crippen molar-refractivity contribution >= 4 is 32.7 Å². The van der Waals surface area contributed by atoms with Crippen molar-refractivity contribution in [1.29, 1.82) is 0 Å². The Balaban J connectivity index is 2.06. The van der Waals surface area contributed by atoms with E-state index in [0.717, 1.165) is 46.4 Å². The van der Waals surface area contributed by atoms with Crippen molar-refractivity contribution < 1.29 is 14.4 Å². The minimum Gasteiger partial charge on any atom is -0.496 e. The number of quaternary nitrogens is 1. The number of hydrogen-bond donors (Lipinski definition) is 2. The van der Waals surface area contributed by atoms with Gasteiger partial charge in [0.1, 0.15) is 5.75 Å². The molecule has 0 radical (unpaired) electrons. The van der Waals surface area contributed by atoms with E-state index < -0.39 is 0 Å². The van der Waals surface area contributed by atoms with Crippen LogP contribution in [0.25, 0.3) is 16.6 Å². The maximum absolute atomic E-state index is 13.2. The monoisotopic (exact) mass is 458 g/mol. The normalized spacial score (nSPS) is 11.2. The first-order valence-corrected chi connectivity index (χ1v) is 10.9. The third kappa shape index (κ3) is 4.33. The number of rotatable bonds is 8. The summed E-state index contributed by atoms with van der Waals surface area (Å²) in [5.41, 5.74) is 3.61. The topological polar surface area (TPSA) is 47.7 Å². The van der Waals surface area contributed by atoms with Crippen molar-refractivity contribution in [2.75, 3.05) is 33.3 Å². The van der Waals surface area contributed by atoms with Crippen molar-refractivity contribution in [2.24, 2.45) is 0 Å². The molecule has 3 rings (SSSR count). The van der Waals surface area contributed by atoms with Gasteiger partial charge >= 0.3 is 0 Å². The molecule has 1 heterocycles. The lowest BCUT2D eigenvalue weighted by molar-refractivity contribution is -0.895. The summed E-state index contributed by atoms with van der Waals surface area (Å²) >= 11 is 3.59. The largest absolute Gasteiger partial charge is 0.496 e. The molecule has 0 saturated heterocycles. The van der Waals surface area contributed by atoms with E-state index in [4.69, 9.17) is 4.74 Å². The summed E-state index contributed by atoms with van der Waals surface area (Å²) in [6.07, 6.45) is 0. The van der Waals surface area contributed by atoms with Crippen LogP contribution in [-0.2, 0) is 0 Å². The minimum atomic E-state index is -0.0434. The number of amides is 1. The highest BCUT2D eigenvalue weighted by Gasteiger charge is 2.22. The lowest BCUT2D eigenvalue weighted by Gasteiger charge is -2.15. The minimum absolute atomic E-state index is 0.0434. The number of carbonyl (C=O) groups is 1. The average molecular weight is 459 g/mol. The van der Waals surface area contributed by atoms with Gasteiger partial charge in [-0.3, -0.25) is 4.79 Å². The van der Waals surface area contributed by atoms with Crippen molar-refractivity contribution in [3.05, 3.63) is 58.2 Å². The summed E-state index contributed by atoms with van der Waals surface area (Å²) < 4.78 is 8.48. The van der Waals surface area contributed by atoms with Gasteiger partial charge in [-0.1, -0.05) is 18.2 Å². The molecule has 0 aliphatic heterocycles. The average Bonchev–Trinajstić information content (AvgIpc) is 3.01. The van der Waals surface area contributed by atoms with Crippen molar-refractivity contribution in [3.63, 3.8) is 0 Å². The van der Waals surface area contributed by atoms with Gasteiger partial charge < -0.3 is 19.5 Å². The van der Waals surface area contributed by atoms with Gasteiger partial charge in [0.2, 0.25) is 0 Å². The molecule has 3 aromatic rings. The van der Waals surface area contributed by atoms with E-state index >= 15 is 0 Å². The number of benzene rings is 2. The first-order valence-electron chi connectivity index (χ1n) is 10.1. The van der Waals surface area contributed by atoms with Gasteiger partial charge in [-0.05, 0) is 61.0 Å². The number of likely N-dealkylation sites (N-methyl/N-ethyl adjacent to an activating group) is 1. The number of ether oxygens (including phenoxy) is 1. The van der Waals surface area contributed by atoms with E-state index in [1.807, 2.05) is 37.3 Å². The van der Waals surface area contributed by atoms with E-state index in [9.17, 15) is 4.79 Å². The fraction of sp³-hybridized carbons (Fsp3) is 0.348. The summed E-state index contributed by atoms with van der Waals surface area (Å²) in [4.78, 5) is 14.7. The molecule has 0 aliphatic carbocycles. The zero-order chi connectivity index (χ0) is 21.0. The Morgan fingerprint density at radius 1 is 1.17 bits per heavy atom. The van der Waals surface area contributed by atoms with Gasteiger partial charge in [0.25, 0.3) is 5.91 Å². The van der Waals surface area contributed by atoms with Gasteiger partial charge in [0.05, 0.1) is 48.8 Å². The number of fused-ring (bicyclic) bond motifs is 1. The van der Waals surface area contributed by atoms with Crippen LogP contribution < -0.4 is 15.0 Å². The zero-order valence-electron chi connectivity index (χ0n) is 17.5. The number of carbonyl (C=O) groups excluding carboxylic acids is 1. The second-order valence-corrected chi connectivity index (χ2v) is 7.95. The third-order valence-electron chi connectivity index (χ3n) is 5.48. The third-order valence-corrected chi connectivity index (χ3v) is 6.10. The van der Waals surface area contributed by atoms with Crippen LogP contribution in [0.15, 0.2) is 46.9 Å². The molecule has 29 heavy (non-hydrogen) atoms. The molecule has 0 unspecified atom stereocenters. The van der Waals surface area contributed by atoms with Crippen LogP contribution in [0.1, 0.15) is 29.9 Å². The molecule has 154 valence electrons. The first-order chi connectivity index (χ1) is 14.0. The summed E-state index contributed by atoms with van der Waals surface area (Å²) in [7, 11) is 1.64. The molecule has 1 amide bonds. The van der Waals surface area contributed by atoms with E-state index in [1.165, 1.54) is 4.90 Å². The van der Waals surface area contributed by atoms with Crippen LogP contribution in [0.5, 0.6) is 5.75 Å². The van der Waals surface area contributed by atoms with Crippen molar-refractivity contribution in [3.8, 4) is 11.4 Å². The number of halogens is 1. The summed E-state index contributed by atoms with van der Waals surface area (Å²) in [5.74, 6) is 0.669. The molecule has 6 heteroatoms. The lowest BCUT2D eigenvalue weighted by Crippen LogP contribution is -3.12. The summed E-state index contributed by atoms with van der Waals surface area (Å²) in [5, 5.41) is 4.01. The van der Waals surface area contributed by atoms with E-state index in [2.05, 4.69) is 51.8 Å². The Morgan fingerprint density at radius 2 is 1.86 bits per heavy atom. The molecule has 5 nitrogen and oxygen atoms in total. The van der Waals surface area contributed by atoms with E-state index in [-0.39, 0.29) is 5.91 Å². The molecule has 0 spiro atoms. The zero-order valence-corrected chi connectivity index (χ0v) is 19.1. The first kappa shape index (κ1) is 21.4. The molecule has 2 aromatic carbocycles. The number of nitrogens with one attached hydrogen (secondary N) is 2. The fourth-order valence-electron chi connectivity index (χ4n) is 3.81. The molecular formula is C23H29BrN3O2+. The molecule has 0 atom stereocenters. The quantitative estimate of drug-likeness (QED) is 0.543. The maximum Gasteiger partial charge on any atom is 0.253 e. The van der Waals surface area contributed by atoms with Crippen LogP contribution in [-0.4, -0.2) is 43.8 Å². The predicted octanol–water partition coefficient (Wildman–Crippen LogP) is 3.36. The van der Waals surface area contributed by atoms with Crippen LogP contribution in [0, 0.1) is 6.92 Å². The second-order valence-electron chi connectivity index (χ2n) is 7.10. The Hall–Kier alpha value is -2.31. The van der Waals surface area contributed by atoms with Crippen LogP contribution in [0.4, 0.5) is 0 Å². The van der Waals surface area contributed by atoms with Gasteiger partial charge in [0.15, 0.2) is 0 Å². The fourth-order valence-corrected chi connectivity index (χ4v) is 4.31. The number of methoxy groups -OCH3 is 1. The molecule has 1 aromatic heterocycles. The lowest BCUT2D eigenvalue weighted by atomic mass is 10.1. The highest BCUT2D eigenvalue weighted by Crippen LogP contribution is 2.36.